The van der Waals surface area contributed by atoms with Crippen LogP contribution < -0.4 is 5.32 Å². The zero-order valence-corrected chi connectivity index (χ0v) is 15.0. The fourth-order valence-electron chi connectivity index (χ4n) is 2.49. The minimum Gasteiger partial charge on any atom is -0.356 e. The highest BCUT2D eigenvalue weighted by atomic mass is 32.2. The first-order chi connectivity index (χ1) is 10.3. The maximum Gasteiger partial charge on any atom is 0.252 e. The van der Waals surface area contributed by atoms with E-state index >= 15 is 0 Å². The first-order valence-electron chi connectivity index (χ1n) is 7.65. The van der Waals surface area contributed by atoms with E-state index in [0.29, 0.717) is 42.6 Å². The van der Waals surface area contributed by atoms with Crippen molar-refractivity contribution in [1.29, 1.82) is 0 Å². The second kappa shape index (κ2) is 7.10. The number of hydrogen-bond acceptors (Lipinski definition) is 4. The fraction of sp³-hybridized carbons (Fsp3) is 0.667. The largest absolute Gasteiger partial charge is 0.356 e. The van der Waals surface area contributed by atoms with Gasteiger partial charge in [0, 0.05) is 30.4 Å². The van der Waals surface area contributed by atoms with E-state index in [0.717, 1.165) is 4.88 Å². The van der Waals surface area contributed by atoms with E-state index in [-0.39, 0.29) is 11.8 Å². The Balaban J connectivity index is 1.93. The number of piperidine rings is 1. The minimum atomic E-state index is -3.40. The van der Waals surface area contributed by atoms with Gasteiger partial charge in [-0.15, -0.1) is 11.3 Å². The number of amides is 1. The van der Waals surface area contributed by atoms with Crippen LogP contribution in [0.5, 0.6) is 0 Å². The maximum absolute atomic E-state index is 12.5. The number of nitrogens with zero attached hydrogens (tertiary/aromatic N) is 1. The molecule has 0 aliphatic carbocycles. The summed E-state index contributed by atoms with van der Waals surface area (Å²) < 4.78 is 27.0. The van der Waals surface area contributed by atoms with Gasteiger partial charge in [-0.2, -0.15) is 4.31 Å². The van der Waals surface area contributed by atoms with Crippen molar-refractivity contribution in [1.82, 2.24) is 9.62 Å². The summed E-state index contributed by atoms with van der Waals surface area (Å²) in [7, 11) is -3.40. The first-order valence-corrected chi connectivity index (χ1v) is 9.90. The zero-order chi connectivity index (χ0) is 16.3. The Hall–Kier alpha value is -0.920. The fourth-order valence-corrected chi connectivity index (χ4v) is 5.39. The zero-order valence-electron chi connectivity index (χ0n) is 13.3. The second-order valence-corrected chi connectivity index (χ2v) is 9.64. The monoisotopic (exact) mass is 344 g/mol. The molecule has 1 fully saturated rings. The molecule has 1 N–H and O–H groups in total. The average Bonchev–Trinajstić information content (AvgIpc) is 2.92. The molecule has 22 heavy (non-hydrogen) atoms. The molecule has 1 aromatic rings. The standard InChI is InChI=1S/C15H24N2O3S2/c1-11(2)10-16-15(18)13-6-8-17(9-7-13)22(19,20)14-5-4-12(3)21-14/h4-5,11,13H,6-10H2,1-3H3,(H,16,18). The number of carbonyl (C=O) groups is 1. The van der Waals surface area contributed by atoms with Crippen LogP contribution >= 0.6 is 11.3 Å². The molecule has 7 heteroatoms. The summed E-state index contributed by atoms with van der Waals surface area (Å²) in [6.45, 7) is 7.51. The lowest BCUT2D eigenvalue weighted by Crippen LogP contribution is -2.43. The maximum atomic E-state index is 12.5. The van der Waals surface area contributed by atoms with E-state index in [2.05, 4.69) is 19.2 Å². The van der Waals surface area contributed by atoms with Gasteiger partial charge < -0.3 is 5.32 Å². The van der Waals surface area contributed by atoms with Crippen molar-refractivity contribution in [2.24, 2.45) is 11.8 Å². The number of thiophene rings is 1. The van der Waals surface area contributed by atoms with Crippen LogP contribution in [0.2, 0.25) is 0 Å². The first kappa shape index (κ1) is 17.4. The lowest BCUT2D eigenvalue weighted by atomic mass is 9.97. The number of nitrogens with one attached hydrogen (secondary N) is 1. The summed E-state index contributed by atoms with van der Waals surface area (Å²) >= 11 is 1.30. The van der Waals surface area contributed by atoms with Gasteiger partial charge in [0.05, 0.1) is 0 Å². The number of carbonyl (C=O) groups excluding carboxylic acids is 1. The van der Waals surface area contributed by atoms with Crippen molar-refractivity contribution >= 4 is 27.3 Å². The van der Waals surface area contributed by atoms with Gasteiger partial charge in [-0.3, -0.25) is 4.79 Å². The van der Waals surface area contributed by atoms with Crippen LogP contribution in [0.15, 0.2) is 16.3 Å². The number of aryl methyl sites for hydroxylation is 1. The van der Waals surface area contributed by atoms with E-state index < -0.39 is 10.0 Å². The Morgan fingerprint density at radius 1 is 1.36 bits per heavy atom. The molecule has 0 saturated carbocycles. The van der Waals surface area contributed by atoms with Crippen LogP contribution in [0.25, 0.3) is 0 Å². The highest BCUT2D eigenvalue weighted by Gasteiger charge is 2.32. The Kier molecular flexibility index (Phi) is 5.63. The highest BCUT2D eigenvalue weighted by molar-refractivity contribution is 7.91. The summed E-state index contributed by atoms with van der Waals surface area (Å²) in [5.74, 6) is 0.402. The van der Waals surface area contributed by atoms with E-state index in [9.17, 15) is 13.2 Å². The van der Waals surface area contributed by atoms with Crippen LogP contribution in [-0.4, -0.2) is 38.3 Å². The topological polar surface area (TPSA) is 66.5 Å². The van der Waals surface area contributed by atoms with E-state index in [1.54, 1.807) is 6.07 Å². The third-order valence-electron chi connectivity index (χ3n) is 3.82. The van der Waals surface area contributed by atoms with Gasteiger partial charge in [0.2, 0.25) is 5.91 Å². The number of rotatable bonds is 5. The Bertz CT molecular complexity index is 614. The molecule has 2 heterocycles. The molecular formula is C15H24N2O3S2. The van der Waals surface area contributed by atoms with Crippen molar-refractivity contribution in [2.45, 2.75) is 37.8 Å². The number of hydrogen-bond donors (Lipinski definition) is 1. The van der Waals surface area contributed by atoms with Gasteiger partial charge in [0.15, 0.2) is 0 Å². The summed E-state index contributed by atoms with van der Waals surface area (Å²) in [4.78, 5) is 13.0. The van der Waals surface area contributed by atoms with Crippen LogP contribution in [0.4, 0.5) is 0 Å². The Morgan fingerprint density at radius 2 is 2.00 bits per heavy atom. The van der Waals surface area contributed by atoms with Gasteiger partial charge >= 0.3 is 0 Å². The molecule has 1 aliphatic heterocycles. The second-order valence-electron chi connectivity index (χ2n) is 6.18. The molecular weight excluding hydrogens is 320 g/mol. The normalized spacial score (nSPS) is 17.8. The molecule has 0 bridgehead atoms. The summed E-state index contributed by atoms with van der Waals surface area (Å²) in [5, 5.41) is 2.94. The van der Waals surface area contributed by atoms with Gasteiger partial charge in [0.25, 0.3) is 10.0 Å². The molecule has 0 radical (unpaired) electrons. The van der Waals surface area contributed by atoms with E-state index in [4.69, 9.17) is 0 Å². The van der Waals surface area contributed by atoms with Crippen molar-refractivity contribution in [2.75, 3.05) is 19.6 Å². The van der Waals surface area contributed by atoms with Crippen molar-refractivity contribution in [3.8, 4) is 0 Å². The average molecular weight is 345 g/mol. The van der Waals surface area contributed by atoms with Crippen LogP contribution in [0.3, 0.4) is 0 Å². The molecule has 1 saturated heterocycles. The molecule has 0 unspecified atom stereocenters. The lowest BCUT2D eigenvalue weighted by molar-refractivity contribution is -0.126. The van der Waals surface area contributed by atoms with Crippen molar-refractivity contribution < 1.29 is 13.2 Å². The molecule has 1 aromatic heterocycles. The summed E-state index contributed by atoms with van der Waals surface area (Å²) in [6, 6.07) is 3.49. The molecule has 0 aromatic carbocycles. The molecule has 1 amide bonds. The SMILES string of the molecule is Cc1ccc(S(=O)(=O)N2CCC(C(=O)NCC(C)C)CC2)s1. The quantitative estimate of drug-likeness (QED) is 0.891. The molecule has 124 valence electrons. The van der Waals surface area contributed by atoms with Gasteiger partial charge in [-0.25, -0.2) is 8.42 Å². The smallest absolute Gasteiger partial charge is 0.252 e. The van der Waals surface area contributed by atoms with Gasteiger partial charge in [-0.1, -0.05) is 13.8 Å². The number of sulfonamides is 1. The highest BCUT2D eigenvalue weighted by Crippen LogP contribution is 2.28. The van der Waals surface area contributed by atoms with Crippen LogP contribution in [0, 0.1) is 18.8 Å². The van der Waals surface area contributed by atoms with Crippen molar-refractivity contribution in [3.63, 3.8) is 0 Å². The summed E-state index contributed by atoms with van der Waals surface area (Å²) in [6.07, 6.45) is 1.18. The van der Waals surface area contributed by atoms with E-state index in [1.807, 2.05) is 13.0 Å². The molecule has 5 nitrogen and oxygen atoms in total. The van der Waals surface area contributed by atoms with Crippen molar-refractivity contribution in [3.05, 3.63) is 17.0 Å². The molecule has 1 aliphatic rings. The Morgan fingerprint density at radius 3 is 2.50 bits per heavy atom. The van der Waals surface area contributed by atoms with Crippen LogP contribution in [0.1, 0.15) is 31.6 Å². The molecule has 0 spiro atoms. The van der Waals surface area contributed by atoms with E-state index in [1.165, 1.54) is 15.6 Å². The summed E-state index contributed by atoms with van der Waals surface area (Å²) in [5.41, 5.74) is 0. The van der Waals surface area contributed by atoms with Gasteiger partial charge in [-0.05, 0) is 37.8 Å². The lowest BCUT2D eigenvalue weighted by Gasteiger charge is -2.30. The third kappa shape index (κ3) is 4.08. The van der Waals surface area contributed by atoms with Crippen LogP contribution in [-0.2, 0) is 14.8 Å². The molecule has 2 rings (SSSR count). The Labute approximate surface area is 136 Å². The molecule has 0 atom stereocenters. The third-order valence-corrected chi connectivity index (χ3v) is 7.19. The predicted octanol–water partition coefficient (Wildman–Crippen LogP) is 2.23. The van der Waals surface area contributed by atoms with Gasteiger partial charge in [0.1, 0.15) is 4.21 Å². The minimum absolute atomic E-state index is 0.0534. The predicted molar refractivity (Wildman–Crippen MR) is 88.4 cm³/mol.